The molecule has 2 unspecified atom stereocenters. The fraction of sp³-hybridized carbons (Fsp3) is 0.857. The second-order valence-corrected chi connectivity index (χ2v) is 5.61. The summed E-state index contributed by atoms with van der Waals surface area (Å²) in [6, 6.07) is 0.341. The van der Waals surface area contributed by atoms with E-state index in [0.29, 0.717) is 24.9 Å². The zero-order valence-corrected chi connectivity index (χ0v) is 12.0. The maximum Gasteiger partial charge on any atom is 0.317 e. The van der Waals surface area contributed by atoms with Crippen LogP contribution in [0.4, 0.5) is 4.79 Å². The number of unbranched alkanes of at least 4 members (excludes halogenated alkanes) is 2. The van der Waals surface area contributed by atoms with Crippen molar-refractivity contribution in [1.82, 2.24) is 10.2 Å². The van der Waals surface area contributed by atoms with Gasteiger partial charge in [-0.25, -0.2) is 4.79 Å². The lowest BCUT2D eigenvalue weighted by atomic mass is 9.94. The zero-order valence-electron chi connectivity index (χ0n) is 12.0. The smallest absolute Gasteiger partial charge is 0.317 e. The van der Waals surface area contributed by atoms with Crippen molar-refractivity contribution in [2.75, 3.05) is 13.1 Å². The van der Waals surface area contributed by atoms with Crippen molar-refractivity contribution in [3.63, 3.8) is 0 Å². The summed E-state index contributed by atoms with van der Waals surface area (Å²) in [4.78, 5) is 24.2. The van der Waals surface area contributed by atoms with Gasteiger partial charge in [0.2, 0.25) is 0 Å². The van der Waals surface area contributed by atoms with Crippen LogP contribution in [0, 0.1) is 5.92 Å². The lowest BCUT2D eigenvalue weighted by Gasteiger charge is -2.36. The lowest BCUT2D eigenvalue weighted by molar-refractivity contribution is -0.137. The second kappa shape index (κ2) is 8.02. The monoisotopic (exact) mass is 270 g/mol. The number of nitrogens with zero attached hydrogens (tertiary/aromatic N) is 1. The molecule has 1 fully saturated rings. The van der Waals surface area contributed by atoms with Gasteiger partial charge >= 0.3 is 12.0 Å². The average Bonchev–Trinajstić information content (AvgIpc) is 2.32. The number of hydrogen-bond acceptors (Lipinski definition) is 2. The molecule has 2 amide bonds. The molecule has 0 aliphatic carbocycles. The number of nitrogens with one attached hydrogen (secondary N) is 1. The molecule has 1 rings (SSSR count). The molecule has 2 atom stereocenters. The van der Waals surface area contributed by atoms with Gasteiger partial charge in [-0.1, -0.05) is 13.3 Å². The van der Waals surface area contributed by atoms with Crippen LogP contribution in [0.1, 0.15) is 52.4 Å². The molecule has 5 nitrogen and oxygen atoms in total. The van der Waals surface area contributed by atoms with Crippen LogP contribution in [0.15, 0.2) is 0 Å². The molecule has 110 valence electrons. The number of carbonyl (C=O) groups is 2. The number of rotatable bonds is 6. The van der Waals surface area contributed by atoms with E-state index in [4.69, 9.17) is 5.11 Å². The van der Waals surface area contributed by atoms with Crippen LogP contribution in [0.5, 0.6) is 0 Å². The van der Waals surface area contributed by atoms with Crippen LogP contribution < -0.4 is 5.32 Å². The van der Waals surface area contributed by atoms with E-state index in [9.17, 15) is 9.59 Å². The van der Waals surface area contributed by atoms with E-state index in [1.165, 1.54) is 0 Å². The maximum atomic E-state index is 12.0. The molecule has 1 aliphatic heterocycles. The van der Waals surface area contributed by atoms with Gasteiger partial charge in [-0.05, 0) is 38.5 Å². The minimum absolute atomic E-state index is 0.0256. The molecule has 1 saturated heterocycles. The Hall–Kier alpha value is -1.26. The molecule has 0 spiro atoms. The van der Waals surface area contributed by atoms with E-state index in [1.807, 2.05) is 4.90 Å². The first-order chi connectivity index (χ1) is 9.00. The number of amides is 2. The quantitative estimate of drug-likeness (QED) is 0.728. The van der Waals surface area contributed by atoms with Crippen molar-refractivity contribution in [1.29, 1.82) is 0 Å². The molecule has 0 aromatic rings. The Labute approximate surface area is 115 Å². The van der Waals surface area contributed by atoms with Crippen LogP contribution in [0.3, 0.4) is 0 Å². The molecule has 5 heteroatoms. The third-order valence-corrected chi connectivity index (χ3v) is 3.74. The summed E-state index contributed by atoms with van der Waals surface area (Å²) in [6.07, 6.45) is 4.75. The second-order valence-electron chi connectivity index (χ2n) is 5.61. The zero-order chi connectivity index (χ0) is 14.3. The SMILES string of the molecule is CC1CCN(C(=O)NCCCCCC(=O)O)C(C)C1. The van der Waals surface area contributed by atoms with Gasteiger partial charge in [0, 0.05) is 25.6 Å². The highest BCUT2D eigenvalue weighted by atomic mass is 16.4. The molecular weight excluding hydrogens is 244 g/mol. The van der Waals surface area contributed by atoms with Crippen molar-refractivity contribution >= 4 is 12.0 Å². The molecule has 0 radical (unpaired) electrons. The molecular formula is C14H26N2O3. The minimum atomic E-state index is -0.750. The summed E-state index contributed by atoms with van der Waals surface area (Å²) in [5, 5.41) is 11.4. The van der Waals surface area contributed by atoms with E-state index in [1.54, 1.807) is 0 Å². The number of urea groups is 1. The lowest BCUT2D eigenvalue weighted by Crippen LogP contribution is -2.49. The highest BCUT2D eigenvalue weighted by molar-refractivity contribution is 5.74. The van der Waals surface area contributed by atoms with Gasteiger partial charge < -0.3 is 15.3 Å². The van der Waals surface area contributed by atoms with Crippen molar-refractivity contribution < 1.29 is 14.7 Å². The highest BCUT2D eigenvalue weighted by Crippen LogP contribution is 2.21. The fourth-order valence-corrected chi connectivity index (χ4v) is 2.58. The van der Waals surface area contributed by atoms with Crippen LogP contribution in [0.2, 0.25) is 0 Å². The Bertz CT molecular complexity index is 307. The van der Waals surface area contributed by atoms with Gasteiger partial charge in [0.1, 0.15) is 0 Å². The van der Waals surface area contributed by atoms with Crippen LogP contribution in [-0.2, 0) is 4.79 Å². The van der Waals surface area contributed by atoms with Crippen molar-refractivity contribution in [2.24, 2.45) is 5.92 Å². The van der Waals surface area contributed by atoms with Crippen LogP contribution in [0.25, 0.3) is 0 Å². The van der Waals surface area contributed by atoms with E-state index in [0.717, 1.165) is 32.2 Å². The van der Waals surface area contributed by atoms with E-state index in [2.05, 4.69) is 19.2 Å². The third kappa shape index (κ3) is 5.94. The largest absolute Gasteiger partial charge is 0.481 e. The summed E-state index contributed by atoms with van der Waals surface area (Å²) in [5.41, 5.74) is 0. The minimum Gasteiger partial charge on any atom is -0.481 e. The number of likely N-dealkylation sites (tertiary alicyclic amines) is 1. The normalized spacial score (nSPS) is 23.2. The molecule has 1 aliphatic rings. The first kappa shape index (κ1) is 15.8. The van der Waals surface area contributed by atoms with Crippen molar-refractivity contribution in [3.8, 4) is 0 Å². The molecule has 0 aromatic heterocycles. The number of carbonyl (C=O) groups excluding carboxylic acids is 1. The molecule has 2 N–H and O–H groups in total. The average molecular weight is 270 g/mol. The summed E-state index contributed by atoms with van der Waals surface area (Å²) < 4.78 is 0. The van der Waals surface area contributed by atoms with E-state index >= 15 is 0 Å². The Balaban J connectivity index is 2.12. The predicted molar refractivity (Wildman–Crippen MR) is 74.1 cm³/mol. The predicted octanol–water partition coefficient (Wildman–Crippen LogP) is 2.46. The molecule has 19 heavy (non-hydrogen) atoms. The summed E-state index contributed by atoms with van der Waals surface area (Å²) in [7, 11) is 0. The van der Waals surface area contributed by atoms with Crippen LogP contribution >= 0.6 is 0 Å². The van der Waals surface area contributed by atoms with Gasteiger partial charge in [-0.3, -0.25) is 4.79 Å². The first-order valence-corrected chi connectivity index (χ1v) is 7.27. The highest BCUT2D eigenvalue weighted by Gasteiger charge is 2.26. The third-order valence-electron chi connectivity index (χ3n) is 3.74. The Morgan fingerprint density at radius 3 is 2.63 bits per heavy atom. The van der Waals surface area contributed by atoms with Gasteiger partial charge in [-0.15, -0.1) is 0 Å². The topological polar surface area (TPSA) is 69.6 Å². The number of piperidine rings is 1. The molecule has 1 heterocycles. The number of carboxylic acids is 1. The summed E-state index contributed by atoms with van der Waals surface area (Å²) in [6.45, 7) is 5.81. The number of carboxylic acid groups (broad SMARTS) is 1. The van der Waals surface area contributed by atoms with E-state index < -0.39 is 5.97 Å². The maximum absolute atomic E-state index is 12.0. The molecule has 0 saturated carbocycles. The van der Waals surface area contributed by atoms with Gasteiger partial charge in [0.15, 0.2) is 0 Å². The summed E-state index contributed by atoms with van der Waals surface area (Å²) >= 11 is 0. The van der Waals surface area contributed by atoms with Gasteiger partial charge in [0.25, 0.3) is 0 Å². The first-order valence-electron chi connectivity index (χ1n) is 7.27. The standard InChI is InChI=1S/C14H26N2O3/c1-11-7-9-16(12(2)10-11)14(19)15-8-5-3-4-6-13(17)18/h11-12H,3-10H2,1-2H3,(H,15,19)(H,17,18). The number of aliphatic carboxylic acids is 1. The Morgan fingerprint density at radius 2 is 2.00 bits per heavy atom. The van der Waals surface area contributed by atoms with Crippen molar-refractivity contribution in [2.45, 2.75) is 58.4 Å². The van der Waals surface area contributed by atoms with Crippen LogP contribution in [-0.4, -0.2) is 41.1 Å². The summed E-state index contributed by atoms with van der Waals surface area (Å²) in [5.74, 6) is -0.0460. The van der Waals surface area contributed by atoms with Gasteiger partial charge in [-0.2, -0.15) is 0 Å². The molecule has 0 aromatic carbocycles. The fourth-order valence-electron chi connectivity index (χ4n) is 2.58. The molecule has 0 bridgehead atoms. The van der Waals surface area contributed by atoms with Crippen molar-refractivity contribution in [3.05, 3.63) is 0 Å². The Kier molecular flexibility index (Phi) is 6.67. The number of hydrogen-bond donors (Lipinski definition) is 2. The van der Waals surface area contributed by atoms with E-state index in [-0.39, 0.29) is 12.5 Å². The Morgan fingerprint density at radius 1 is 1.26 bits per heavy atom. The van der Waals surface area contributed by atoms with Gasteiger partial charge in [0.05, 0.1) is 0 Å².